The van der Waals surface area contributed by atoms with Gasteiger partial charge in [-0.15, -0.1) is 21.5 Å². The highest BCUT2D eigenvalue weighted by Gasteiger charge is 2.20. The van der Waals surface area contributed by atoms with E-state index >= 15 is 0 Å². The number of hydrogen-bond donors (Lipinski definition) is 1. The Morgan fingerprint density at radius 3 is 2.83 bits per heavy atom. The van der Waals surface area contributed by atoms with Gasteiger partial charge < -0.3 is 14.8 Å². The highest BCUT2D eigenvalue weighted by molar-refractivity contribution is 8.00. The van der Waals surface area contributed by atoms with Crippen LogP contribution in [-0.2, 0) is 4.79 Å². The minimum atomic E-state index is -0.104. The van der Waals surface area contributed by atoms with Crippen LogP contribution in [0.4, 0.5) is 5.69 Å². The summed E-state index contributed by atoms with van der Waals surface area (Å²) in [5.41, 5.74) is 3.16. The van der Waals surface area contributed by atoms with Crippen LogP contribution in [0.3, 0.4) is 0 Å². The van der Waals surface area contributed by atoms with Crippen molar-refractivity contribution >= 4 is 44.9 Å². The summed E-state index contributed by atoms with van der Waals surface area (Å²) in [7, 11) is 0. The number of hydrogen-bond acceptors (Lipinski definition) is 8. The summed E-state index contributed by atoms with van der Waals surface area (Å²) in [4.78, 5) is 16.9. The molecule has 30 heavy (non-hydrogen) atoms. The number of fused-ring (bicyclic) bond motifs is 2. The maximum Gasteiger partial charge on any atom is 0.234 e. The summed E-state index contributed by atoms with van der Waals surface area (Å²) in [5, 5.41) is 13.3. The third kappa shape index (κ3) is 3.69. The number of carbonyl (C=O) groups excluding carboxylic acids is 1. The van der Waals surface area contributed by atoms with Gasteiger partial charge in [-0.1, -0.05) is 30.0 Å². The molecular formula is C21H16N4O3S2. The lowest BCUT2D eigenvalue weighted by molar-refractivity contribution is -0.113. The SMILES string of the molecule is Cc1nc2c(SCC(=O)Nc3ccccc3)nnc(-c3ccc4c(c3)OCO4)c2s1. The standard InChI is InChI=1S/C21H16N4O3S2/c1-12-22-19-20(30-12)18(13-7-8-15-16(9-13)28-11-27-15)24-25-21(19)29-10-17(26)23-14-5-3-2-4-6-14/h2-9H,10-11H2,1H3,(H,23,26). The molecule has 1 amide bonds. The number of amides is 1. The number of nitrogens with one attached hydrogen (secondary N) is 1. The monoisotopic (exact) mass is 436 g/mol. The number of anilines is 1. The van der Waals surface area contributed by atoms with Crippen molar-refractivity contribution in [2.24, 2.45) is 0 Å². The molecule has 0 spiro atoms. The van der Waals surface area contributed by atoms with Crippen LogP contribution >= 0.6 is 23.1 Å². The van der Waals surface area contributed by atoms with Gasteiger partial charge in [0.25, 0.3) is 0 Å². The van der Waals surface area contributed by atoms with Gasteiger partial charge in [0.1, 0.15) is 16.2 Å². The Kier molecular flexibility index (Phi) is 4.97. The topological polar surface area (TPSA) is 86.2 Å². The van der Waals surface area contributed by atoms with E-state index in [1.165, 1.54) is 11.8 Å². The minimum absolute atomic E-state index is 0.104. The molecule has 0 atom stereocenters. The Bertz CT molecular complexity index is 1240. The Labute approximate surface area is 180 Å². The summed E-state index contributed by atoms with van der Waals surface area (Å²) in [5.74, 6) is 1.53. The molecule has 1 N–H and O–H groups in total. The maximum atomic E-state index is 12.3. The number of aryl methyl sites for hydroxylation is 1. The highest BCUT2D eigenvalue weighted by atomic mass is 32.2. The summed E-state index contributed by atoms with van der Waals surface area (Å²) in [6, 6.07) is 15.1. The summed E-state index contributed by atoms with van der Waals surface area (Å²) >= 11 is 2.89. The number of para-hydroxylation sites is 1. The van der Waals surface area contributed by atoms with E-state index in [4.69, 9.17) is 9.47 Å². The molecule has 1 aliphatic heterocycles. The van der Waals surface area contributed by atoms with Crippen LogP contribution in [0.15, 0.2) is 53.6 Å². The quantitative estimate of drug-likeness (QED) is 0.460. The van der Waals surface area contributed by atoms with Crippen LogP contribution in [0.2, 0.25) is 0 Å². The summed E-state index contributed by atoms with van der Waals surface area (Å²) in [6.45, 7) is 2.17. The van der Waals surface area contributed by atoms with Gasteiger partial charge in [0, 0.05) is 11.3 Å². The maximum absolute atomic E-state index is 12.3. The first-order chi connectivity index (χ1) is 14.7. The molecule has 0 unspecified atom stereocenters. The fourth-order valence-corrected chi connectivity index (χ4v) is 4.82. The van der Waals surface area contributed by atoms with Crippen molar-refractivity contribution in [1.29, 1.82) is 0 Å². The lowest BCUT2D eigenvalue weighted by atomic mass is 10.1. The van der Waals surface area contributed by atoms with Gasteiger partial charge in [-0.3, -0.25) is 4.79 Å². The van der Waals surface area contributed by atoms with Crippen molar-refractivity contribution in [2.75, 3.05) is 17.9 Å². The number of thioether (sulfide) groups is 1. The van der Waals surface area contributed by atoms with Gasteiger partial charge >= 0.3 is 0 Å². The third-order valence-corrected chi connectivity index (χ3v) is 6.37. The Balaban J connectivity index is 1.41. The average molecular weight is 437 g/mol. The van der Waals surface area contributed by atoms with Gasteiger partial charge in [-0.2, -0.15) is 0 Å². The number of nitrogens with zero attached hydrogens (tertiary/aromatic N) is 3. The molecule has 2 aromatic carbocycles. The third-order valence-electron chi connectivity index (χ3n) is 4.44. The highest BCUT2D eigenvalue weighted by Crippen LogP contribution is 2.39. The molecule has 0 saturated heterocycles. The van der Waals surface area contributed by atoms with Crippen LogP contribution in [0.1, 0.15) is 5.01 Å². The van der Waals surface area contributed by atoms with Crippen LogP contribution in [0.25, 0.3) is 21.5 Å². The minimum Gasteiger partial charge on any atom is -0.454 e. The summed E-state index contributed by atoms with van der Waals surface area (Å²) < 4.78 is 11.8. The van der Waals surface area contributed by atoms with E-state index in [-0.39, 0.29) is 18.5 Å². The number of thiazole rings is 1. The molecule has 4 aromatic rings. The van der Waals surface area contributed by atoms with Gasteiger partial charge in [0.2, 0.25) is 12.7 Å². The van der Waals surface area contributed by atoms with E-state index in [0.29, 0.717) is 10.8 Å². The van der Waals surface area contributed by atoms with E-state index in [1.54, 1.807) is 11.3 Å². The molecule has 0 saturated carbocycles. The zero-order valence-corrected chi connectivity index (χ0v) is 17.5. The molecule has 3 heterocycles. The number of aromatic nitrogens is 3. The van der Waals surface area contributed by atoms with Crippen LogP contribution in [-0.4, -0.2) is 33.6 Å². The second-order valence-electron chi connectivity index (χ2n) is 6.54. The van der Waals surface area contributed by atoms with E-state index in [2.05, 4.69) is 20.5 Å². The molecule has 9 heteroatoms. The normalized spacial score (nSPS) is 12.3. The smallest absolute Gasteiger partial charge is 0.234 e. The molecule has 1 aliphatic rings. The zero-order chi connectivity index (χ0) is 20.5. The van der Waals surface area contributed by atoms with Gasteiger partial charge in [-0.25, -0.2) is 4.98 Å². The van der Waals surface area contributed by atoms with E-state index in [9.17, 15) is 4.79 Å². The predicted octanol–water partition coefficient (Wildman–Crippen LogP) is 4.52. The Hall–Kier alpha value is -3.17. The molecule has 7 nitrogen and oxygen atoms in total. The van der Waals surface area contributed by atoms with Crippen LogP contribution < -0.4 is 14.8 Å². The molecule has 0 fully saturated rings. The second kappa shape index (κ2) is 7.92. The lowest BCUT2D eigenvalue weighted by Crippen LogP contribution is -2.14. The molecule has 0 aliphatic carbocycles. The van der Waals surface area contributed by atoms with E-state index in [0.717, 1.165) is 37.9 Å². The van der Waals surface area contributed by atoms with Gasteiger partial charge in [0.15, 0.2) is 11.5 Å². The molecule has 0 radical (unpaired) electrons. The van der Waals surface area contributed by atoms with Crippen molar-refractivity contribution in [1.82, 2.24) is 15.2 Å². The fraction of sp³-hybridized carbons (Fsp3) is 0.143. The largest absolute Gasteiger partial charge is 0.454 e. The number of ether oxygens (including phenoxy) is 2. The predicted molar refractivity (Wildman–Crippen MR) is 117 cm³/mol. The average Bonchev–Trinajstić information content (AvgIpc) is 3.38. The van der Waals surface area contributed by atoms with Crippen LogP contribution in [0.5, 0.6) is 11.5 Å². The second-order valence-corrected chi connectivity index (χ2v) is 8.70. The Morgan fingerprint density at radius 1 is 1.13 bits per heavy atom. The number of carbonyl (C=O) groups is 1. The number of rotatable bonds is 5. The van der Waals surface area contributed by atoms with Crippen molar-refractivity contribution in [3.8, 4) is 22.8 Å². The number of benzene rings is 2. The lowest BCUT2D eigenvalue weighted by Gasteiger charge is -2.07. The molecule has 2 aromatic heterocycles. The van der Waals surface area contributed by atoms with Crippen LogP contribution in [0, 0.1) is 6.92 Å². The van der Waals surface area contributed by atoms with Crippen molar-refractivity contribution in [2.45, 2.75) is 11.9 Å². The van der Waals surface area contributed by atoms with Crippen molar-refractivity contribution in [3.63, 3.8) is 0 Å². The first-order valence-corrected chi connectivity index (χ1v) is 11.0. The van der Waals surface area contributed by atoms with Crippen molar-refractivity contribution in [3.05, 3.63) is 53.5 Å². The Morgan fingerprint density at radius 2 is 1.97 bits per heavy atom. The van der Waals surface area contributed by atoms with E-state index < -0.39 is 0 Å². The van der Waals surface area contributed by atoms with E-state index in [1.807, 2.05) is 55.5 Å². The molecular weight excluding hydrogens is 420 g/mol. The molecule has 0 bridgehead atoms. The van der Waals surface area contributed by atoms with Gasteiger partial charge in [-0.05, 0) is 37.3 Å². The zero-order valence-electron chi connectivity index (χ0n) is 15.9. The fourth-order valence-electron chi connectivity index (χ4n) is 3.10. The molecule has 5 rings (SSSR count). The first-order valence-electron chi connectivity index (χ1n) is 9.19. The summed E-state index contributed by atoms with van der Waals surface area (Å²) in [6.07, 6.45) is 0. The molecule has 150 valence electrons. The van der Waals surface area contributed by atoms with Gasteiger partial charge in [0.05, 0.1) is 15.5 Å². The van der Waals surface area contributed by atoms with Crippen molar-refractivity contribution < 1.29 is 14.3 Å². The first kappa shape index (κ1) is 18.8.